The summed E-state index contributed by atoms with van der Waals surface area (Å²) in [4.78, 5) is 119. The molecule has 1 aliphatic rings. The number of nitrogens with two attached hydrogens (primary N) is 2. The van der Waals surface area contributed by atoms with Crippen molar-refractivity contribution in [1.29, 1.82) is 0 Å². The van der Waals surface area contributed by atoms with Crippen molar-refractivity contribution < 1.29 is 48.2 Å². The molecule has 6 rings (SSSR count). The van der Waals surface area contributed by atoms with Gasteiger partial charge >= 0.3 is 5.97 Å². The van der Waals surface area contributed by atoms with Gasteiger partial charge < -0.3 is 47.9 Å². The van der Waals surface area contributed by atoms with E-state index in [0.717, 1.165) is 4.90 Å². The first-order valence-corrected chi connectivity index (χ1v) is 22.4. The molecule has 26 nitrogen and oxygen atoms in total. The first-order chi connectivity index (χ1) is 34.0. The molecule has 0 spiro atoms. The molecule has 0 saturated heterocycles. The summed E-state index contributed by atoms with van der Waals surface area (Å²) in [6.45, 7) is 5.23. The molecule has 71 heavy (non-hydrogen) atoms. The maximum Gasteiger partial charge on any atom is 0.326 e. The molecule has 7 amide bonds. The molecule has 3 atom stereocenters. The summed E-state index contributed by atoms with van der Waals surface area (Å²) < 4.78 is 5.76. The van der Waals surface area contributed by atoms with Gasteiger partial charge in [0.25, 0.3) is 23.6 Å². The number of tetrazole rings is 1. The van der Waals surface area contributed by atoms with E-state index in [2.05, 4.69) is 67.1 Å². The first-order valence-electron chi connectivity index (χ1n) is 22.4. The van der Waals surface area contributed by atoms with Gasteiger partial charge in [0.2, 0.25) is 29.5 Å². The van der Waals surface area contributed by atoms with Crippen LogP contribution in [-0.2, 0) is 35.4 Å². The number of rotatable bonds is 24. The standard InChI is InChI=1S/C45H52N16O10/c1-23(2)35(54-32(62)9-5-4-6-19-61-33(63)16-17-34(61)64)43(68)50-24(3)40(65)52-26-12-15-29(30(20-26)38-57-59-60-58-38)42(67)48-18-7-8-31(44(69)70)53-41(66)25-10-13-28(14-11-25)71-22-27-21-49-39-36(51-27)37(46)55-45(47)56-39/h10-17,20-21,23-24,31,35H,4-9,18-19,22H2,1-3H3,(H,48,67)(H,50,68)(H,52,65)(H,53,66)(H,54,62)(H,69,70)(H,57,58,59,60)(H4,46,47,49,55,56)/t24-,31-,35-/m0/s1. The number of ether oxygens (including phenoxy) is 1. The Balaban J connectivity index is 0.952. The van der Waals surface area contributed by atoms with E-state index in [0.29, 0.717) is 30.7 Å². The molecule has 0 saturated carbocycles. The summed E-state index contributed by atoms with van der Waals surface area (Å²) in [5.41, 5.74) is 13.1. The number of imide groups is 1. The number of nitrogens with one attached hydrogen (secondary N) is 6. The summed E-state index contributed by atoms with van der Waals surface area (Å²) in [6, 6.07) is 7.01. The highest BCUT2D eigenvalue weighted by molar-refractivity contribution is 6.12. The highest BCUT2D eigenvalue weighted by atomic mass is 16.5. The van der Waals surface area contributed by atoms with E-state index in [1.54, 1.807) is 13.8 Å². The van der Waals surface area contributed by atoms with Crippen molar-refractivity contribution in [2.75, 3.05) is 29.9 Å². The number of anilines is 3. The molecule has 0 fully saturated rings. The fourth-order valence-corrected chi connectivity index (χ4v) is 7.08. The Kier molecular flexibility index (Phi) is 17.3. The molecule has 4 heterocycles. The number of aromatic amines is 1. The number of H-pyrrole nitrogens is 1. The van der Waals surface area contributed by atoms with Crippen LogP contribution in [0.5, 0.6) is 5.75 Å². The van der Waals surface area contributed by atoms with Crippen LogP contribution in [0.3, 0.4) is 0 Å². The van der Waals surface area contributed by atoms with Crippen molar-refractivity contribution in [3.63, 3.8) is 0 Å². The number of aliphatic carboxylic acids is 1. The van der Waals surface area contributed by atoms with Crippen LogP contribution in [0.2, 0.25) is 0 Å². The zero-order chi connectivity index (χ0) is 51.2. The number of amides is 7. The lowest BCUT2D eigenvalue weighted by molar-refractivity contribution is -0.139. The van der Waals surface area contributed by atoms with Crippen molar-refractivity contribution >= 4 is 75.9 Å². The van der Waals surface area contributed by atoms with Gasteiger partial charge in [-0.15, -0.1) is 10.2 Å². The van der Waals surface area contributed by atoms with Gasteiger partial charge in [-0.05, 0) is 86.2 Å². The summed E-state index contributed by atoms with van der Waals surface area (Å²) in [7, 11) is 0. The number of fused-ring (bicyclic) bond motifs is 1. The van der Waals surface area contributed by atoms with Gasteiger partial charge in [0.1, 0.15) is 30.5 Å². The Morgan fingerprint density at radius 3 is 2.28 bits per heavy atom. The Hall–Kier alpha value is -8.97. The molecule has 372 valence electrons. The Morgan fingerprint density at radius 1 is 0.845 bits per heavy atom. The second kappa shape index (κ2) is 23.8. The van der Waals surface area contributed by atoms with Crippen LogP contribution < -0.4 is 42.8 Å². The highest BCUT2D eigenvalue weighted by Gasteiger charge is 2.28. The number of carboxylic acids is 1. The topological polar surface area (TPSA) is 387 Å². The van der Waals surface area contributed by atoms with Gasteiger partial charge in [0.05, 0.1) is 17.5 Å². The highest BCUT2D eigenvalue weighted by Crippen LogP contribution is 2.25. The second-order valence-electron chi connectivity index (χ2n) is 16.6. The SMILES string of the molecule is CC(C)[C@H](NC(=O)CCCCCN1C(=O)C=CC1=O)C(=O)N[C@@H](C)C(=O)Nc1ccc(C(=O)NCCC[C@H](NC(=O)c2ccc(OCc3cnc4nc(N)nc(N)c4n3)cc2)C(=O)O)c(-c2nn[nH]n2)c1. The number of benzene rings is 2. The molecule has 3 aromatic heterocycles. The Morgan fingerprint density at radius 2 is 1.59 bits per heavy atom. The van der Waals surface area contributed by atoms with E-state index >= 15 is 0 Å². The van der Waals surface area contributed by atoms with Gasteiger partial charge in [-0.1, -0.05) is 20.3 Å². The predicted molar refractivity (Wildman–Crippen MR) is 252 cm³/mol. The predicted octanol–water partition coefficient (Wildman–Crippen LogP) is 0.806. The monoisotopic (exact) mass is 976 g/mol. The molecule has 0 unspecified atom stereocenters. The van der Waals surface area contributed by atoms with Crippen LogP contribution in [0.15, 0.2) is 60.8 Å². The van der Waals surface area contributed by atoms with Crippen molar-refractivity contribution in [2.24, 2.45) is 5.92 Å². The lowest BCUT2D eigenvalue weighted by atomic mass is 10.0. The zero-order valence-electron chi connectivity index (χ0n) is 38.8. The van der Waals surface area contributed by atoms with Crippen LogP contribution in [-0.4, -0.2) is 129 Å². The number of carbonyl (C=O) groups is 8. The number of hydrogen-bond acceptors (Lipinski definition) is 18. The number of carbonyl (C=O) groups excluding carboxylic acids is 7. The molecule has 11 N–H and O–H groups in total. The normalized spacial score (nSPS) is 13.4. The van der Waals surface area contributed by atoms with Crippen molar-refractivity contribution in [2.45, 2.75) is 84.0 Å². The van der Waals surface area contributed by atoms with Gasteiger partial charge in [-0.3, -0.25) is 38.5 Å². The van der Waals surface area contributed by atoms with Gasteiger partial charge in [0, 0.05) is 48.5 Å². The number of aromatic nitrogens is 8. The molecule has 0 aliphatic carbocycles. The quantitative estimate of drug-likeness (QED) is 0.0305. The zero-order valence-corrected chi connectivity index (χ0v) is 38.8. The number of nitrogen functional groups attached to an aromatic ring is 2. The number of carboxylic acid groups (broad SMARTS) is 1. The number of hydrogen-bond donors (Lipinski definition) is 9. The Bertz CT molecular complexity index is 2800. The van der Waals surface area contributed by atoms with Crippen molar-refractivity contribution in [3.8, 4) is 17.1 Å². The Labute approximate surface area is 404 Å². The van der Waals surface area contributed by atoms with E-state index in [4.69, 9.17) is 16.2 Å². The third kappa shape index (κ3) is 14.0. The number of nitrogens with zero attached hydrogens (tertiary/aromatic N) is 8. The molecule has 2 aromatic carbocycles. The van der Waals surface area contributed by atoms with Crippen LogP contribution >= 0.6 is 0 Å². The fourth-order valence-electron chi connectivity index (χ4n) is 7.08. The van der Waals surface area contributed by atoms with E-state index in [1.807, 2.05) is 0 Å². The minimum atomic E-state index is -1.29. The van der Waals surface area contributed by atoms with Gasteiger partial charge in [-0.2, -0.15) is 15.2 Å². The first kappa shape index (κ1) is 51.4. The van der Waals surface area contributed by atoms with Crippen molar-refractivity contribution in [3.05, 3.63) is 77.6 Å². The third-order valence-electron chi connectivity index (χ3n) is 10.9. The summed E-state index contributed by atoms with van der Waals surface area (Å²) in [5.74, 6) is -4.66. The molecular weight excluding hydrogens is 925 g/mol. The molecule has 0 bridgehead atoms. The van der Waals surface area contributed by atoms with E-state index in [1.165, 1.54) is 67.7 Å². The molecule has 26 heteroatoms. The largest absolute Gasteiger partial charge is 0.487 e. The van der Waals surface area contributed by atoms with Gasteiger partial charge in [0.15, 0.2) is 17.0 Å². The van der Waals surface area contributed by atoms with Crippen LogP contribution in [0, 0.1) is 5.92 Å². The maximum atomic E-state index is 13.4. The minimum absolute atomic E-state index is 0.00548. The minimum Gasteiger partial charge on any atom is -0.487 e. The van der Waals surface area contributed by atoms with E-state index in [-0.39, 0.29) is 114 Å². The summed E-state index contributed by atoms with van der Waals surface area (Å²) in [5, 5.41) is 37.0. The van der Waals surface area contributed by atoms with Crippen LogP contribution in [0.25, 0.3) is 22.6 Å². The second-order valence-corrected chi connectivity index (χ2v) is 16.6. The molecule has 1 aliphatic heterocycles. The molecule has 5 aromatic rings. The van der Waals surface area contributed by atoms with Crippen molar-refractivity contribution in [1.82, 2.24) is 66.7 Å². The number of unbranched alkanes of at least 4 members (excludes halogenated alkanes) is 2. The van der Waals surface area contributed by atoms with Crippen LogP contribution in [0.4, 0.5) is 17.5 Å². The van der Waals surface area contributed by atoms with E-state index < -0.39 is 47.7 Å². The maximum absolute atomic E-state index is 13.4. The van der Waals surface area contributed by atoms with E-state index in [9.17, 15) is 43.5 Å². The summed E-state index contributed by atoms with van der Waals surface area (Å²) >= 11 is 0. The van der Waals surface area contributed by atoms with Gasteiger partial charge in [-0.25, -0.2) is 14.8 Å². The summed E-state index contributed by atoms with van der Waals surface area (Å²) in [6.07, 6.45) is 5.68. The lowest BCUT2D eigenvalue weighted by Crippen LogP contribution is -2.53. The molecular formula is C45H52N16O10. The average Bonchev–Trinajstić information content (AvgIpc) is 4.00. The fraction of sp³-hybridized carbons (Fsp3) is 0.356. The smallest absolute Gasteiger partial charge is 0.326 e. The third-order valence-corrected chi connectivity index (χ3v) is 10.9. The average molecular weight is 977 g/mol. The lowest BCUT2D eigenvalue weighted by Gasteiger charge is -2.24. The molecule has 0 radical (unpaired) electrons. The van der Waals surface area contributed by atoms with Crippen LogP contribution in [0.1, 0.15) is 85.7 Å².